The molecule has 0 radical (unpaired) electrons. The van der Waals surface area contributed by atoms with Gasteiger partial charge in [-0.05, 0) is 39.5 Å². The average molecular weight is 268 g/mol. The topological polar surface area (TPSA) is 41.6 Å². The summed E-state index contributed by atoms with van der Waals surface area (Å²) < 4.78 is 5.36. The lowest BCUT2D eigenvalue weighted by molar-refractivity contribution is 0.00392. The monoisotopic (exact) mass is 268 g/mol. The molecule has 2 fully saturated rings. The minimum Gasteiger partial charge on any atom is -0.444 e. The summed E-state index contributed by atoms with van der Waals surface area (Å²) in [5.74, 6) is 0.958. The van der Waals surface area contributed by atoms with E-state index >= 15 is 0 Å². The normalized spacial score (nSPS) is 22.0. The van der Waals surface area contributed by atoms with Gasteiger partial charge in [0.1, 0.15) is 5.60 Å². The number of hydrogen-bond acceptors (Lipinski definition) is 3. The van der Waals surface area contributed by atoms with Crippen LogP contribution in [0.3, 0.4) is 0 Å². The molecule has 4 nitrogen and oxygen atoms in total. The summed E-state index contributed by atoms with van der Waals surface area (Å²) in [5.41, 5.74) is -0.395. The summed E-state index contributed by atoms with van der Waals surface area (Å²) >= 11 is 0. The number of amides is 1. The van der Waals surface area contributed by atoms with E-state index in [-0.39, 0.29) is 6.09 Å². The van der Waals surface area contributed by atoms with Crippen molar-refractivity contribution >= 4 is 6.09 Å². The van der Waals surface area contributed by atoms with E-state index < -0.39 is 5.60 Å². The van der Waals surface area contributed by atoms with Crippen molar-refractivity contribution in [2.75, 3.05) is 13.1 Å². The van der Waals surface area contributed by atoms with E-state index in [1.807, 2.05) is 20.8 Å². The van der Waals surface area contributed by atoms with Gasteiger partial charge in [-0.1, -0.05) is 19.8 Å². The summed E-state index contributed by atoms with van der Waals surface area (Å²) in [6.45, 7) is 9.53. The average Bonchev–Trinajstić information content (AvgIpc) is 3.01. The highest BCUT2D eigenvalue weighted by molar-refractivity contribution is 5.69. The van der Waals surface area contributed by atoms with Crippen LogP contribution >= 0.6 is 0 Å². The van der Waals surface area contributed by atoms with Gasteiger partial charge in [0.25, 0.3) is 0 Å². The molecular weight excluding hydrogens is 240 g/mol. The molecule has 1 atom stereocenters. The van der Waals surface area contributed by atoms with E-state index in [2.05, 4.69) is 12.2 Å². The molecule has 1 unspecified atom stereocenters. The van der Waals surface area contributed by atoms with E-state index in [4.69, 9.17) is 4.74 Å². The first-order valence-electron chi connectivity index (χ1n) is 7.61. The quantitative estimate of drug-likeness (QED) is 0.833. The van der Waals surface area contributed by atoms with Crippen LogP contribution < -0.4 is 5.32 Å². The Kier molecular flexibility index (Phi) is 4.39. The van der Waals surface area contributed by atoms with Gasteiger partial charge in [0.2, 0.25) is 0 Å². The van der Waals surface area contributed by atoms with Crippen LogP contribution in [-0.4, -0.2) is 41.8 Å². The van der Waals surface area contributed by atoms with Gasteiger partial charge in [-0.3, -0.25) is 0 Å². The van der Waals surface area contributed by atoms with Crippen molar-refractivity contribution in [3.63, 3.8) is 0 Å². The SMILES string of the molecule is CCC(CC1CC1)NC1CN(C(=O)OC(C)(C)C)C1. The number of carbonyl (C=O) groups is 1. The Labute approximate surface area is 116 Å². The Balaban J connectivity index is 1.66. The zero-order valence-corrected chi connectivity index (χ0v) is 12.7. The second kappa shape index (κ2) is 5.70. The van der Waals surface area contributed by atoms with Gasteiger partial charge in [0, 0.05) is 25.2 Å². The lowest BCUT2D eigenvalue weighted by Crippen LogP contribution is -2.62. The fourth-order valence-corrected chi connectivity index (χ4v) is 2.50. The van der Waals surface area contributed by atoms with E-state index in [0.717, 1.165) is 19.0 Å². The minimum absolute atomic E-state index is 0.180. The van der Waals surface area contributed by atoms with Gasteiger partial charge in [-0.15, -0.1) is 0 Å². The van der Waals surface area contributed by atoms with Crippen LogP contribution in [0.2, 0.25) is 0 Å². The number of nitrogens with zero attached hydrogens (tertiary/aromatic N) is 1. The summed E-state index contributed by atoms with van der Waals surface area (Å²) in [7, 11) is 0. The Morgan fingerprint density at radius 1 is 1.37 bits per heavy atom. The maximum Gasteiger partial charge on any atom is 0.410 e. The highest BCUT2D eigenvalue weighted by atomic mass is 16.6. The molecule has 1 aliphatic heterocycles. The van der Waals surface area contributed by atoms with Gasteiger partial charge in [0.15, 0.2) is 0 Å². The molecule has 0 aromatic heterocycles. The van der Waals surface area contributed by atoms with Crippen LogP contribution in [0.1, 0.15) is 53.4 Å². The predicted molar refractivity (Wildman–Crippen MR) is 76.2 cm³/mol. The molecule has 0 bridgehead atoms. The van der Waals surface area contributed by atoms with Gasteiger partial charge in [-0.25, -0.2) is 4.79 Å². The molecule has 110 valence electrons. The molecule has 0 spiro atoms. The van der Waals surface area contributed by atoms with Crippen LogP contribution in [0.25, 0.3) is 0 Å². The third-order valence-corrected chi connectivity index (χ3v) is 3.81. The summed E-state index contributed by atoms with van der Waals surface area (Å²) in [6.07, 6.45) is 5.12. The molecule has 1 amide bonds. The van der Waals surface area contributed by atoms with Crippen molar-refractivity contribution in [3.05, 3.63) is 0 Å². The van der Waals surface area contributed by atoms with Gasteiger partial charge in [0.05, 0.1) is 0 Å². The van der Waals surface area contributed by atoms with Gasteiger partial charge in [-0.2, -0.15) is 0 Å². The Bertz CT molecular complexity index is 315. The van der Waals surface area contributed by atoms with Crippen LogP contribution in [0.4, 0.5) is 4.79 Å². The van der Waals surface area contributed by atoms with Crippen LogP contribution in [0.15, 0.2) is 0 Å². The number of carbonyl (C=O) groups excluding carboxylic acids is 1. The standard InChI is InChI=1S/C15H28N2O2/c1-5-12(8-11-6-7-11)16-13-9-17(10-13)14(18)19-15(2,3)4/h11-13,16H,5-10H2,1-4H3. The zero-order valence-electron chi connectivity index (χ0n) is 12.7. The number of likely N-dealkylation sites (tertiary alicyclic amines) is 1. The van der Waals surface area contributed by atoms with Gasteiger partial charge < -0.3 is 15.0 Å². The molecule has 2 rings (SSSR count). The molecule has 1 saturated carbocycles. The summed E-state index contributed by atoms with van der Waals surface area (Å²) in [5, 5.41) is 3.67. The summed E-state index contributed by atoms with van der Waals surface area (Å²) in [6, 6.07) is 1.08. The zero-order chi connectivity index (χ0) is 14.0. The largest absolute Gasteiger partial charge is 0.444 e. The third-order valence-electron chi connectivity index (χ3n) is 3.81. The second-order valence-corrected chi connectivity index (χ2v) is 7.03. The molecular formula is C15H28N2O2. The van der Waals surface area contributed by atoms with Crippen molar-refractivity contribution in [1.82, 2.24) is 10.2 Å². The molecule has 4 heteroatoms. The van der Waals surface area contributed by atoms with E-state index in [0.29, 0.717) is 12.1 Å². The lowest BCUT2D eigenvalue weighted by atomic mass is 10.0. The fraction of sp³-hybridized carbons (Fsp3) is 0.933. The van der Waals surface area contributed by atoms with Crippen LogP contribution in [0.5, 0.6) is 0 Å². The number of hydrogen-bond donors (Lipinski definition) is 1. The van der Waals surface area contributed by atoms with Crippen molar-refractivity contribution < 1.29 is 9.53 Å². The smallest absolute Gasteiger partial charge is 0.410 e. The molecule has 0 aromatic carbocycles. The third kappa shape index (κ3) is 4.68. The van der Waals surface area contributed by atoms with Crippen molar-refractivity contribution in [3.8, 4) is 0 Å². The lowest BCUT2D eigenvalue weighted by Gasteiger charge is -2.41. The van der Waals surface area contributed by atoms with Crippen molar-refractivity contribution in [2.24, 2.45) is 5.92 Å². The number of ether oxygens (including phenoxy) is 1. The van der Waals surface area contributed by atoms with E-state index in [9.17, 15) is 4.79 Å². The highest BCUT2D eigenvalue weighted by Gasteiger charge is 2.35. The number of nitrogens with one attached hydrogen (secondary N) is 1. The molecule has 2 aliphatic rings. The van der Waals surface area contributed by atoms with Crippen molar-refractivity contribution in [1.29, 1.82) is 0 Å². The van der Waals surface area contributed by atoms with Gasteiger partial charge >= 0.3 is 6.09 Å². The Morgan fingerprint density at radius 3 is 2.47 bits per heavy atom. The predicted octanol–water partition coefficient (Wildman–Crippen LogP) is 2.77. The second-order valence-electron chi connectivity index (χ2n) is 7.03. The van der Waals surface area contributed by atoms with Crippen LogP contribution in [-0.2, 0) is 4.74 Å². The molecule has 1 saturated heterocycles. The minimum atomic E-state index is -0.395. The fourth-order valence-electron chi connectivity index (χ4n) is 2.50. The summed E-state index contributed by atoms with van der Waals surface area (Å²) in [4.78, 5) is 13.6. The van der Waals surface area contributed by atoms with E-state index in [1.165, 1.54) is 25.7 Å². The first-order valence-corrected chi connectivity index (χ1v) is 7.61. The molecule has 1 aliphatic carbocycles. The number of rotatable bonds is 5. The Morgan fingerprint density at radius 2 is 2.00 bits per heavy atom. The van der Waals surface area contributed by atoms with Crippen molar-refractivity contribution in [2.45, 2.75) is 71.1 Å². The maximum atomic E-state index is 11.8. The molecule has 1 heterocycles. The first-order chi connectivity index (χ1) is 8.87. The Hall–Kier alpha value is -0.770. The molecule has 0 aromatic rings. The highest BCUT2D eigenvalue weighted by Crippen LogP contribution is 2.34. The molecule has 19 heavy (non-hydrogen) atoms. The first kappa shape index (κ1) is 14.6. The van der Waals surface area contributed by atoms with E-state index in [1.54, 1.807) is 4.90 Å². The van der Waals surface area contributed by atoms with Crippen LogP contribution in [0, 0.1) is 5.92 Å². The maximum absolute atomic E-state index is 11.8. The molecule has 1 N–H and O–H groups in total.